The summed E-state index contributed by atoms with van der Waals surface area (Å²) >= 11 is 6.35. The van der Waals surface area contributed by atoms with Gasteiger partial charge in [0, 0.05) is 34.0 Å². The Morgan fingerprint density at radius 1 is 1.02 bits per heavy atom. The Balaban J connectivity index is 1.52. The van der Waals surface area contributed by atoms with Gasteiger partial charge in [-0.05, 0) is 86.3 Å². The summed E-state index contributed by atoms with van der Waals surface area (Å²) in [6, 6.07) is 16.8. The van der Waals surface area contributed by atoms with Crippen molar-refractivity contribution in [2.24, 2.45) is 17.8 Å². The van der Waals surface area contributed by atoms with E-state index < -0.39 is 23.1 Å². The van der Waals surface area contributed by atoms with Crippen LogP contribution in [0.3, 0.4) is 0 Å². The highest BCUT2D eigenvalue weighted by Gasteiger charge is 2.44. The number of carbonyl (C=O) groups excluding carboxylic acids is 2. The minimum atomic E-state index is -0.742. The maximum atomic E-state index is 15.2. The molecule has 2 aliphatic rings. The molecule has 0 bridgehead atoms. The molecule has 0 aromatic heterocycles. The zero-order valence-electron chi connectivity index (χ0n) is 23.0. The fraction of sp³-hybridized carbons (Fsp3) is 0.294. The largest absolute Gasteiger partial charge is 0.390 e. The van der Waals surface area contributed by atoms with Crippen LogP contribution in [0.25, 0.3) is 5.57 Å². The molecule has 1 fully saturated rings. The number of ketones is 1. The molecule has 2 aliphatic carbocycles. The van der Waals surface area contributed by atoms with Gasteiger partial charge in [-0.15, -0.1) is 0 Å². The van der Waals surface area contributed by atoms with E-state index in [1.54, 1.807) is 42.5 Å². The number of aliphatic hydroxyl groups is 1. The maximum Gasteiger partial charge on any atom is 0.255 e. The van der Waals surface area contributed by atoms with Crippen LogP contribution in [0.15, 0.2) is 84.5 Å². The molecule has 212 valence electrons. The van der Waals surface area contributed by atoms with Crippen LogP contribution in [-0.2, 0) is 4.79 Å². The molecule has 2 atom stereocenters. The van der Waals surface area contributed by atoms with E-state index in [4.69, 9.17) is 11.6 Å². The van der Waals surface area contributed by atoms with Crippen LogP contribution in [0.2, 0.25) is 5.02 Å². The Hall–Kier alpha value is -3.61. The summed E-state index contributed by atoms with van der Waals surface area (Å²) in [5.74, 6) is -1.65. The summed E-state index contributed by atoms with van der Waals surface area (Å²) in [6.45, 7) is 3.94. The summed E-state index contributed by atoms with van der Waals surface area (Å²) in [6.07, 6.45) is 6.00. The highest BCUT2D eigenvalue weighted by atomic mass is 35.5. The van der Waals surface area contributed by atoms with Crippen LogP contribution >= 0.6 is 11.6 Å². The second-order valence-corrected chi connectivity index (χ2v) is 11.9. The molecule has 0 saturated heterocycles. The molecule has 1 amide bonds. The quantitative estimate of drug-likeness (QED) is 0.293. The number of allylic oxidation sites excluding steroid dienone is 2. The minimum absolute atomic E-state index is 0.0908. The van der Waals surface area contributed by atoms with Gasteiger partial charge in [0.15, 0.2) is 5.78 Å². The second kappa shape index (κ2) is 11.7. The number of halogens is 3. The third-order valence-corrected chi connectivity index (χ3v) is 8.63. The van der Waals surface area contributed by atoms with Gasteiger partial charge in [-0.3, -0.25) is 9.59 Å². The summed E-state index contributed by atoms with van der Waals surface area (Å²) in [5, 5.41) is 13.5. The average Bonchev–Trinajstić information content (AvgIpc) is 2.91. The predicted octanol–water partition coefficient (Wildman–Crippen LogP) is 8.00. The van der Waals surface area contributed by atoms with Gasteiger partial charge in [0.05, 0.1) is 10.6 Å². The number of nitrogens with one attached hydrogen (secondary N) is 1. The molecule has 41 heavy (non-hydrogen) atoms. The third-order valence-electron chi connectivity index (χ3n) is 8.30. The molecule has 3 aromatic carbocycles. The first-order chi connectivity index (χ1) is 19.5. The van der Waals surface area contributed by atoms with E-state index in [9.17, 15) is 19.1 Å². The molecule has 7 heteroatoms. The van der Waals surface area contributed by atoms with Crippen LogP contribution in [0.1, 0.15) is 61.0 Å². The first kappa shape index (κ1) is 28.9. The molecule has 0 radical (unpaired) electrons. The van der Waals surface area contributed by atoms with Crippen LogP contribution in [0.5, 0.6) is 0 Å². The second-order valence-electron chi connectivity index (χ2n) is 11.5. The lowest BCUT2D eigenvalue weighted by Crippen LogP contribution is -2.45. The van der Waals surface area contributed by atoms with E-state index in [2.05, 4.69) is 12.2 Å². The van der Waals surface area contributed by atoms with E-state index in [0.717, 1.165) is 12.5 Å². The smallest absolute Gasteiger partial charge is 0.255 e. The first-order valence-corrected chi connectivity index (χ1v) is 14.2. The van der Waals surface area contributed by atoms with E-state index >= 15 is 4.39 Å². The van der Waals surface area contributed by atoms with Gasteiger partial charge in [-0.25, -0.2) is 8.78 Å². The van der Waals surface area contributed by atoms with Gasteiger partial charge in [0.1, 0.15) is 11.6 Å². The zero-order valence-corrected chi connectivity index (χ0v) is 23.7. The lowest BCUT2D eigenvalue weighted by molar-refractivity contribution is -0.112. The molecular weight excluding hydrogens is 544 g/mol. The van der Waals surface area contributed by atoms with E-state index in [1.165, 1.54) is 18.2 Å². The van der Waals surface area contributed by atoms with E-state index in [1.807, 2.05) is 19.1 Å². The number of rotatable bonds is 6. The number of benzene rings is 3. The Morgan fingerprint density at radius 2 is 1.76 bits per heavy atom. The lowest BCUT2D eigenvalue weighted by atomic mass is 9.61. The van der Waals surface area contributed by atoms with Crippen molar-refractivity contribution in [1.29, 1.82) is 0 Å². The fourth-order valence-corrected chi connectivity index (χ4v) is 6.35. The van der Waals surface area contributed by atoms with Gasteiger partial charge in [0.25, 0.3) is 5.91 Å². The number of amides is 1. The molecule has 0 aliphatic heterocycles. The summed E-state index contributed by atoms with van der Waals surface area (Å²) in [4.78, 5) is 26.9. The Labute approximate surface area is 243 Å². The Kier molecular flexibility index (Phi) is 8.25. The van der Waals surface area contributed by atoms with Gasteiger partial charge >= 0.3 is 0 Å². The van der Waals surface area contributed by atoms with E-state index in [-0.39, 0.29) is 45.3 Å². The number of hydrogen-bond donors (Lipinski definition) is 2. The standard InChI is InChI=1S/C34H32ClF2NO3/c1-20-7-6-10-26(28(25-13-11-23(36)15-31(25)37)17-27(20)22-18-34(2,41)19-22)33(40)38-24-12-14-30(35)29(16-24)32(39)21-8-4-3-5-9-21/h3-6,8-16,20,22,27,41H,7,17-19H2,1-2H3,(H,38,40)/b10-6+,28-26-/t20-,22?,27?,34?/m1/s1. The van der Waals surface area contributed by atoms with Crippen molar-refractivity contribution in [2.45, 2.75) is 45.1 Å². The number of anilines is 1. The van der Waals surface area contributed by atoms with E-state index in [0.29, 0.717) is 36.1 Å². The molecule has 2 N–H and O–H groups in total. The van der Waals surface area contributed by atoms with Crippen molar-refractivity contribution in [1.82, 2.24) is 0 Å². The molecule has 1 saturated carbocycles. The maximum absolute atomic E-state index is 15.2. The monoisotopic (exact) mass is 575 g/mol. The topological polar surface area (TPSA) is 66.4 Å². The van der Waals surface area contributed by atoms with Crippen molar-refractivity contribution in [3.05, 3.63) is 118 Å². The van der Waals surface area contributed by atoms with Gasteiger partial charge < -0.3 is 10.4 Å². The van der Waals surface area contributed by atoms with Gasteiger partial charge in [-0.1, -0.05) is 61.0 Å². The Morgan fingerprint density at radius 3 is 2.44 bits per heavy atom. The molecule has 3 aromatic rings. The highest BCUT2D eigenvalue weighted by Crippen LogP contribution is 2.49. The molecule has 0 heterocycles. The average molecular weight is 576 g/mol. The number of hydrogen-bond acceptors (Lipinski definition) is 3. The first-order valence-electron chi connectivity index (χ1n) is 13.8. The van der Waals surface area contributed by atoms with Crippen LogP contribution in [0, 0.1) is 29.4 Å². The molecule has 0 spiro atoms. The van der Waals surface area contributed by atoms with Crippen LogP contribution < -0.4 is 5.32 Å². The fourth-order valence-electron chi connectivity index (χ4n) is 6.15. The van der Waals surface area contributed by atoms with Gasteiger partial charge in [0.2, 0.25) is 0 Å². The predicted molar refractivity (Wildman–Crippen MR) is 158 cm³/mol. The summed E-state index contributed by atoms with van der Waals surface area (Å²) < 4.78 is 29.1. The van der Waals surface area contributed by atoms with Crippen molar-refractivity contribution in [2.75, 3.05) is 5.32 Å². The normalized spacial score (nSPS) is 26.8. The van der Waals surface area contributed by atoms with Crippen molar-refractivity contribution < 1.29 is 23.5 Å². The molecule has 4 nitrogen and oxygen atoms in total. The SMILES string of the molecule is C[C@@H]1C/C=C/C(C(=O)Nc2ccc(Cl)c(C(=O)c3ccccc3)c2)=C(/c2ccc(F)cc2F)CC1C1CC(C)(O)C1. The zero-order chi connectivity index (χ0) is 29.3. The van der Waals surface area contributed by atoms with Crippen LogP contribution in [0.4, 0.5) is 14.5 Å². The highest BCUT2D eigenvalue weighted by molar-refractivity contribution is 6.35. The summed E-state index contributed by atoms with van der Waals surface area (Å²) in [5.41, 5.74) is 1.26. The third kappa shape index (κ3) is 6.34. The lowest BCUT2D eigenvalue weighted by Gasteiger charge is -2.47. The molecular formula is C34H32ClF2NO3. The van der Waals surface area contributed by atoms with Crippen molar-refractivity contribution >= 4 is 34.6 Å². The molecule has 5 rings (SSSR count). The van der Waals surface area contributed by atoms with Crippen LogP contribution in [-0.4, -0.2) is 22.4 Å². The number of carbonyl (C=O) groups is 2. The van der Waals surface area contributed by atoms with Crippen molar-refractivity contribution in [3.63, 3.8) is 0 Å². The molecule has 1 unspecified atom stereocenters. The van der Waals surface area contributed by atoms with Crippen molar-refractivity contribution in [3.8, 4) is 0 Å². The minimum Gasteiger partial charge on any atom is -0.390 e. The summed E-state index contributed by atoms with van der Waals surface area (Å²) in [7, 11) is 0. The Bertz CT molecular complexity index is 1540. The van der Waals surface area contributed by atoms with Gasteiger partial charge in [-0.2, -0.15) is 0 Å².